The van der Waals surface area contributed by atoms with Crippen LogP contribution in [0.5, 0.6) is 0 Å². The number of amides is 1. The van der Waals surface area contributed by atoms with Crippen LogP contribution in [-0.4, -0.2) is 33.8 Å². The molecule has 3 aliphatic heterocycles. The molecule has 0 aliphatic carbocycles. The number of benzene rings is 1. The number of fused-ring (bicyclic) bond motifs is 4. The number of nitrogens with zero attached hydrogens (tertiary/aromatic N) is 3. The molecule has 5 rings (SSSR count). The number of aromatic nitrogens is 1. The Bertz CT molecular complexity index is 943. The maximum Gasteiger partial charge on any atom is 0.254 e. The predicted octanol–water partition coefficient (Wildman–Crippen LogP) is 2.04. The van der Waals surface area contributed by atoms with Crippen LogP contribution in [0.2, 0.25) is 0 Å². The largest absolute Gasteiger partial charge is 0.383 e. The van der Waals surface area contributed by atoms with Gasteiger partial charge in [-0.05, 0) is 18.2 Å². The van der Waals surface area contributed by atoms with Crippen LogP contribution in [-0.2, 0) is 0 Å². The molecule has 0 saturated carbocycles. The Balaban J connectivity index is 1.56. The SMILES string of the molecule is NC1=N[C@@]2(CCN3C(=O)c4ccncc4C3C2)Nc2cccc(F)c21. The summed E-state index contributed by atoms with van der Waals surface area (Å²) in [5.41, 5.74) is 8.05. The van der Waals surface area contributed by atoms with Crippen molar-refractivity contribution in [2.45, 2.75) is 24.5 Å². The molecule has 1 aromatic heterocycles. The second-order valence-corrected chi connectivity index (χ2v) is 6.75. The maximum atomic E-state index is 14.1. The van der Waals surface area contributed by atoms with E-state index in [9.17, 15) is 9.18 Å². The zero-order valence-electron chi connectivity index (χ0n) is 13.4. The summed E-state index contributed by atoms with van der Waals surface area (Å²) in [4.78, 5) is 23.2. The fraction of sp³-hybridized carbons (Fsp3) is 0.278. The molecule has 1 fully saturated rings. The molecular weight excluding hydrogens is 321 g/mol. The number of hydrogen-bond acceptors (Lipinski definition) is 5. The molecule has 0 bridgehead atoms. The zero-order valence-corrected chi connectivity index (χ0v) is 13.4. The van der Waals surface area contributed by atoms with E-state index in [1.807, 2.05) is 11.0 Å². The van der Waals surface area contributed by atoms with Crippen LogP contribution in [0.15, 0.2) is 41.7 Å². The Hall–Kier alpha value is -2.96. The number of rotatable bonds is 0. The molecular formula is C18H16FN5O. The van der Waals surface area contributed by atoms with Gasteiger partial charge in [0.15, 0.2) is 0 Å². The first-order valence-electron chi connectivity index (χ1n) is 8.25. The van der Waals surface area contributed by atoms with Gasteiger partial charge in [-0.1, -0.05) is 6.07 Å². The molecule has 3 N–H and O–H groups in total. The minimum absolute atomic E-state index is 0.0384. The van der Waals surface area contributed by atoms with Crippen molar-refractivity contribution >= 4 is 17.4 Å². The van der Waals surface area contributed by atoms with Crippen molar-refractivity contribution in [3.8, 4) is 0 Å². The first-order chi connectivity index (χ1) is 12.1. The second-order valence-electron chi connectivity index (χ2n) is 6.75. The first-order valence-corrected chi connectivity index (χ1v) is 8.25. The third-order valence-electron chi connectivity index (χ3n) is 5.35. The highest BCUT2D eigenvalue weighted by Gasteiger charge is 2.48. The van der Waals surface area contributed by atoms with Crippen LogP contribution >= 0.6 is 0 Å². The summed E-state index contributed by atoms with van der Waals surface area (Å²) >= 11 is 0. The van der Waals surface area contributed by atoms with Crippen molar-refractivity contribution in [2.75, 3.05) is 11.9 Å². The zero-order chi connectivity index (χ0) is 17.2. The van der Waals surface area contributed by atoms with Gasteiger partial charge >= 0.3 is 0 Å². The van der Waals surface area contributed by atoms with E-state index in [0.717, 1.165) is 5.56 Å². The van der Waals surface area contributed by atoms with Crippen molar-refractivity contribution in [3.05, 3.63) is 59.2 Å². The smallest absolute Gasteiger partial charge is 0.254 e. The van der Waals surface area contributed by atoms with Crippen molar-refractivity contribution in [1.82, 2.24) is 9.88 Å². The van der Waals surface area contributed by atoms with Gasteiger partial charge in [0.1, 0.15) is 17.3 Å². The van der Waals surface area contributed by atoms with Gasteiger partial charge in [0, 0.05) is 48.6 Å². The van der Waals surface area contributed by atoms with Crippen LogP contribution in [0, 0.1) is 5.82 Å². The Morgan fingerprint density at radius 1 is 1.36 bits per heavy atom. The van der Waals surface area contributed by atoms with Gasteiger partial charge in [0.05, 0.1) is 11.6 Å². The molecule has 1 saturated heterocycles. The highest BCUT2D eigenvalue weighted by molar-refractivity contribution is 6.04. The maximum absolute atomic E-state index is 14.1. The van der Waals surface area contributed by atoms with E-state index in [2.05, 4.69) is 15.3 Å². The van der Waals surface area contributed by atoms with Crippen molar-refractivity contribution < 1.29 is 9.18 Å². The number of piperidine rings is 1. The molecule has 1 aromatic carbocycles. The summed E-state index contributed by atoms with van der Waals surface area (Å²) in [6, 6.07) is 6.51. The van der Waals surface area contributed by atoms with E-state index in [1.54, 1.807) is 24.5 Å². The minimum Gasteiger partial charge on any atom is -0.383 e. The van der Waals surface area contributed by atoms with E-state index in [0.29, 0.717) is 36.2 Å². The topological polar surface area (TPSA) is 83.6 Å². The molecule has 3 aliphatic rings. The normalized spacial score (nSPS) is 26.6. The van der Waals surface area contributed by atoms with E-state index < -0.39 is 5.66 Å². The number of nitrogens with one attached hydrogen (secondary N) is 1. The fourth-order valence-corrected chi connectivity index (χ4v) is 4.20. The van der Waals surface area contributed by atoms with Crippen molar-refractivity contribution in [2.24, 2.45) is 10.7 Å². The van der Waals surface area contributed by atoms with Crippen molar-refractivity contribution in [1.29, 1.82) is 0 Å². The molecule has 25 heavy (non-hydrogen) atoms. The third-order valence-corrected chi connectivity index (χ3v) is 5.35. The number of amidine groups is 1. The van der Waals surface area contributed by atoms with Gasteiger partial charge in [-0.25, -0.2) is 9.38 Å². The lowest BCUT2D eigenvalue weighted by atomic mass is 9.87. The summed E-state index contributed by atoms with van der Waals surface area (Å²) in [6.45, 7) is 0.562. The molecule has 1 amide bonds. The van der Waals surface area contributed by atoms with Crippen LogP contribution < -0.4 is 11.1 Å². The van der Waals surface area contributed by atoms with Crippen LogP contribution in [0.3, 0.4) is 0 Å². The minimum atomic E-state index is -0.635. The Kier molecular flexibility index (Phi) is 2.75. The van der Waals surface area contributed by atoms with Crippen molar-refractivity contribution in [3.63, 3.8) is 0 Å². The van der Waals surface area contributed by atoms with Gasteiger partial charge in [-0.3, -0.25) is 9.78 Å². The monoisotopic (exact) mass is 337 g/mol. The number of aliphatic imine (C=N–C) groups is 1. The van der Waals surface area contributed by atoms with Gasteiger partial charge in [-0.15, -0.1) is 0 Å². The molecule has 6 nitrogen and oxygen atoms in total. The lowest BCUT2D eigenvalue weighted by Gasteiger charge is -2.44. The lowest BCUT2D eigenvalue weighted by Crippen LogP contribution is -2.51. The summed E-state index contributed by atoms with van der Waals surface area (Å²) in [5, 5.41) is 3.38. The lowest BCUT2D eigenvalue weighted by molar-refractivity contribution is 0.0605. The molecule has 1 unspecified atom stereocenters. The Labute approximate surface area is 143 Å². The summed E-state index contributed by atoms with van der Waals surface area (Å²) in [5.74, 6) is -0.142. The number of halogens is 1. The molecule has 1 spiro atoms. The van der Waals surface area contributed by atoms with Crippen LogP contribution in [0.4, 0.5) is 10.1 Å². The van der Waals surface area contributed by atoms with Gasteiger partial charge in [0.25, 0.3) is 5.91 Å². The predicted molar refractivity (Wildman–Crippen MR) is 90.7 cm³/mol. The Morgan fingerprint density at radius 3 is 3.12 bits per heavy atom. The number of anilines is 1. The standard InChI is InChI=1S/C18H16FN5O/c19-12-2-1-3-13-15(12)16(20)23-18(22-13)5-7-24-14(8-18)11-9-21-6-4-10(11)17(24)25/h1-4,6,9,14,22H,5,7-8H2,(H2,20,23)/t14?,18-/m1/s1. The molecule has 0 radical (unpaired) electrons. The van der Waals surface area contributed by atoms with Crippen LogP contribution in [0.25, 0.3) is 0 Å². The quantitative estimate of drug-likeness (QED) is 0.770. The molecule has 2 atom stereocenters. The van der Waals surface area contributed by atoms with Gasteiger partial charge in [0.2, 0.25) is 0 Å². The fourth-order valence-electron chi connectivity index (χ4n) is 4.20. The molecule has 4 heterocycles. The average molecular weight is 337 g/mol. The summed E-state index contributed by atoms with van der Waals surface area (Å²) in [6.07, 6.45) is 4.58. The number of hydrogen-bond donors (Lipinski definition) is 2. The molecule has 126 valence electrons. The second kappa shape index (κ2) is 4.78. The number of pyridine rings is 1. The van der Waals surface area contributed by atoms with E-state index >= 15 is 0 Å². The molecule has 2 aromatic rings. The van der Waals surface area contributed by atoms with Crippen LogP contribution in [0.1, 0.15) is 40.4 Å². The first kappa shape index (κ1) is 14.4. The number of carbonyl (C=O) groups is 1. The average Bonchev–Trinajstić information content (AvgIpc) is 2.87. The summed E-state index contributed by atoms with van der Waals surface area (Å²) < 4.78 is 14.1. The van der Waals surface area contributed by atoms with E-state index in [4.69, 9.17) is 5.73 Å². The number of carbonyl (C=O) groups excluding carboxylic acids is 1. The highest BCUT2D eigenvalue weighted by atomic mass is 19.1. The van der Waals surface area contributed by atoms with Gasteiger partial charge < -0.3 is 16.0 Å². The van der Waals surface area contributed by atoms with E-state index in [-0.39, 0.29) is 23.6 Å². The summed E-state index contributed by atoms with van der Waals surface area (Å²) in [7, 11) is 0. The number of nitrogens with two attached hydrogens (primary N) is 1. The Morgan fingerprint density at radius 2 is 2.24 bits per heavy atom. The van der Waals surface area contributed by atoms with Gasteiger partial charge in [-0.2, -0.15) is 0 Å². The molecule has 7 heteroatoms. The van der Waals surface area contributed by atoms with E-state index in [1.165, 1.54) is 6.07 Å². The third kappa shape index (κ3) is 1.92. The highest BCUT2D eigenvalue weighted by Crippen LogP contribution is 2.46.